The van der Waals surface area contributed by atoms with Gasteiger partial charge in [0.05, 0.1) is 6.61 Å². The lowest BCUT2D eigenvalue weighted by Gasteiger charge is -2.52. The molecular weight excluding hydrogens is 436 g/mol. The first-order valence-electron chi connectivity index (χ1n) is 13.3. The van der Waals surface area contributed by atoms with Crippen LogP contribution in [0.3, 0.4) is 0 Å². The molecule has 2 nitrogen and oxygen atoms in total. The number of rotatable bonds is 8. The normalized spacial score (nSPS) is 29.8. The fourth-order valence-electron chi connectivity index (χ4n) is 7.40. The maximum absolute atomic E-state index is 13.1. The molecule has 0 radical (unpaired) electrons. The molecule has 0 spiro atoms. The van der Waals surface area contributed by atoms with E-state index in [1.807, 2.05) is 6.92 Å². The minimum absolute atomic E-state index is 0.159. The predicted octanol–water partition coefficient (Wildman–Crippen LogP) is 7.83. The zero-order valence-electron chi connectivity index (χ0n) is 20.7. The fraction of sp³-hybridized carbons (Fsp3) is 0.548. The number of carbonyl (C=O) groups is 1. The average Bonchev–Trinajstić information content (AvgIpc) is 3.15. The van der Waals surface area contributed by atoms with Crippen molar-refractivity contribution in [3.63, 3.8) is 0 Å². The molecule has 3 aliphatic rings. The standard InChI is InChI=1S/C31H38O2S/c1-21(34)8-4-3-7-19-33-24-14-11-23(12-15-24)27-20-31(2)28(17-18-29(31)32)26-16-13-22-9-5-6-10-25(22)30(26)27/h5-6,9-12,14-15,26-28,30H,3-4,7-8,13,16-20H2,1-2H3/t26-,27+,28-,30+,31-/m0/s1. The first-order valence-corrected chi connectivity index (χ1v) is 13.7. The minimum Gasteiger partial charge on any atom is -0.494 e. The van der Waals surface area contributed by atoms with Crippen LogP contribution < -0.4 is 4.74 Å². The minimum atomic E-state index is -0.159. The van der Waals surface area contributed by atoms with Crippen LogP contribution in [-0.2, 0) is 11.2 Å². The van der Waals surface area contributed by atoms with Gasteiger partial charge in [-0.25, -0.2) is 0 Å². The summed E-state index contributed by atoms with van der Waals surface area (Å²) in [6, 6.07) is 17.9. The Hall–Kier alpha value is -2.00. The number of fused-ring (bicyclic) bond motifs is 5. The van der Waals surface area contributed by atoms with Crippen molar-refractivity contribution in [2.45, 2.75) is 83.5 Å². The van der Waals surface area contributed by atoms with Crippen molar-refractivity contribution in [3.05, 3.63) is 65.2 Å². The number of thiocarbonyl (C=S) groups is 1. The summed E-state index contributed by atoms with van der Waals surface area (Å²) in [5.41, 5.74) is 4.27. The summed E-state index contributed by atoms with van der Waals surface area (Å²) in [5.74, 6) is 3.51. The van der Waals surface area contributed by atoms with Crippen LogP contribution in [-0.4, -0.2) is 17.3 Å². The Kier molecular flexibility index (Phi) is 6.93. The zero-order valence-corrected chi connectivity index (χ0v) is 21.5. The van der Waals surface area contributed by atoms with Crippen molar-refractivity contribution < 1.29 is 9.53 Å². The number of ketones is 1. The van der Waals surface area contributed by atoms with Gasteiger partial charge in [-0.15, -0.1) is 0 Å². The molecule has 0 aliphatic heterocycles. The van der Waals surface area contributed by atoms with Crippen molar-refractivity contribution in [2.24, 2.45) is 17.3 Å². The molecular formula is C31H38O2S. The Morgan fingerprint density at radius 3 is 2.62 bits per heavy atom. The van der Waals surface area contributed by atoms with Crippen molar-refractivity contribution in [1.29, 1.82) is 0 Å². The molecule has 180 valence electrons. The van der Waals surface area contributed by atoms with Gasteiger partial charge in [-0.05, 0) is 116 Å². The van der Waals surface area contributed by atoms with Gasteiger partial charge in [-0.3, -0.25) is 4.79 Å². The maximum atomic E-state index is 13.1. The van der Waals surface area contributed by atoms with E-state index in [0.717, 1.165) is 68.6 Å². The second kappa shape index (κ2) is 9.93. The lowest BCUT2D eigenvalue weighted by atomic mass is 9.51. The van der Waals surface area contributed by atoms with E-state index in [1.165, 1.54) is 23.1 Å². The third kappa shape index (κ3) is 4.49. The van der Waals surface area contributed by atoms with Crippen molar-refractivity contribution in [3.8, 4) is 5.75 Å². The van der Waals surface area contributed by atoms with Crippen LogP contribution >= 0.6 is 12.2 Å². The summed E-state index contributed by atoms with van der Waals surface area (Å²) in [4.78, 5) is 14.2. The monoisotopic (exact) mass is 474 g/mol. The molecule has 0 amide bonds. The Labute approximate surface area is 210 Å². The van der Waals surface area contributed by atoms with E-state index < -0.39 is 0 Å². The molecule has 3 heteroatoms. The molecule has 0 bridgehead atoms. The smallest absolute Gasteiger partial charge is 0.139 e. The third-order valence-corrected chi connectivity index (χ3v) is 9.31. The molecule has 0 unspecified atom stereocenters. The lowest BCUT2D eigenvalue weighted by Crippen LogP contribution is -2.45. The summed E-state index contributed by atoms with van der Waals surface area (Å²) in [7, 11) is 0. The van der Waals surface area contributed by atoms with E-state index in [-0.39, 0.29) is 5.41 Å². The molecule has 5 atom stereocenters. The van der Waals surface area contributed by atoms with Crippen LogP contribution in [0.15, 0.2) is 48.5 Å². The SMILES string of the molecule is CC(=S)CCCCCOc1ccc([C@H]2C[C@]3(C)C(=O)CC[C@H]3[C@@H]3CCc4ccccc4[C@H]32)cc1. The van der Waals surface area contributed by atoms with Gasteiger partial charge >= 0.3 is 0 Å². The number of aryl methyl sites for hydroxylation is 1. The van der Waals surface area contributed by atoms with Gasteiger partial charge in [0.1, 0.15) is 11.5 Å². The van der Waals surface area contributed by atoms with Gasteiger partial charge in [0.2, 0.25) is 0 Å². The van der Waals surface area contributed by atoms with Crippen LogP contribution in [0.1, 0.15) is 93.7 Å². The van der Waals surface area contributed by atoms with E-state index in [2.05, 4.69) is 55.5 Å². The molecule has 2 saturated carbocycles. The topological polar surface area (TPSA) is 26.3 Å². The highest BCUT2D eigenvalue weighted by atomic mass is 32.1. The van der Waals surface area contributed by atoms with E-state index in [9.17, 15) is 4.79 Å². The number of hydrogen-bond donors (Lipinski definition) is 0. The van der Waals surface area contributed by atoms with E-state index in [1.54, 1.807) is 0 Å². The molecule has 0 N–H and O–H groups in total. The van der Waals surface area contributed by atoms with Crippen molar-refractivity contribution in [1.82, 2.24) is 0 Å². The second-order valence-corrected chi connectivity index (χ2v) is 11.9. The quantitative estimate of drug-likeness (QED) is 0.288. The van der Waals surface area contributed by atoms with Crippen molar-refractivity contribution >= 4 is 22.9 Å². The Morgan fingerprint density at radius 1 is 1.03 bits per heavy atom. The van der Waals surface area contributed by atoms with Crippen LogP contribution in [0.25, 0.3) is 0 Å². The highest BCUT2D eigenvalue weighted by molar-refractivity contribution is 7.80. The third-order valence-electron chi connectivity index (χ3n) is 9.10. The molecule has 5 rings (SSSR count). The van der Waals surface area contributed by atoms with Crippen LogP contribution in [0.4, 0.5) is 0 Å². The highest BCUT2D eigenvalue weighted by Gasteiger charge is 2.57. The number of hydrogen-bond acceptors (Lipinski definition) is 3. The lowest BCUT2D eigenvalue weighted by molar-refractivity contribution is -0.130. The fourth-order valence-corrected chi connectivity index (χ4v) is 7.54. The summed E-state index contributed by atoms with van der Waals surface area (Å²) in [5, 5.41) is 0. The van der Waals surface area contributed by atoms with Gasteiger partial charge < -0.3 is 4.74 Å². The van der Waals surface area contributed by atoms with Crippen molar-refractivity contribution in [2.75, 3.05) is 6.61 Å². The molecule has 34 heavy (non-hydrogen) atoms. The van der Waals surface area contributed by atoms with Crippen LogP contribution in [0.2, 0.25) is 0 Å². The maximum Gasteiger partial charge on any atom is 0.139 e. The van der Waals surface area contributed by atoms with E-state index in [4.69, 9.17) is 17.0 Å². The van der Waals surface area contributed by atoms with Gasteiger partial charge in [0, 0.05) is 11.8 Å². The molecule has 0 aromatic heterocycles. The largest absolute Gasteiger partial charge is 0.494 e. The summed E-state index contributed by atoms with van der Waals surface area (Å²) in [6.07, 6.45) is 9.63. The van der Waals surface area contributed by atoms with Gasteiger partial charge in [0.15, 0.2) is 0 Å². The first kappa shape index (κ1) is 23.7. The van der Waals surface area contributed by atoms with Gasteiger partial charge in [0.25, 0.3) is 0 Å². The first-order chi connectivity index (χ1) is 16.5. The number of Topliss-reactive ketones (excluding diaryl/α,β-unsaturated/α-hetero) is 1. The molecule has 2 aromatic rings. The van der Waals surface area contributed by atoms with Crippen LogP contribution in [0.5, 0.6) is 5.75 Å². The number of carbonyl (C=O) groups excluding carboxylic acids is 1. The molecule has 2 fully saturated rings. The number of ether oxygens (including phenoxy) is 1. The Balaban J connectivity index is 1.34. The molecule has 2 aromatic carbocycles. The molecule has 3 aliphatic carbocycles. The van der Waals surface area contributed by atoms with Crippen LogP contribution in [0, 0.1) is 17.3 Å². The van der Waals surface area contributed by atoms with E-state index >= 15 is 0 Å². The number of benzene rings is 2. The van der Waals surface area contributed by atoms with E-state index in [0.29, 0.717) is 29.5 Å². The summed E-state index contributed by atoms with van der Waals surface area (Å²) in [6.45, 7) is 5.06. The Morgan fingerprint density at radius 2 is 1.82 bits per heavy atom. The summed E-state index contributed by atoms with van der Waals surface area (Å²) < 4.78 is 6.04. The van der Waals surface area contributed by atoms with Gasteiger partial charge in [-0.2, -0.15) is 0 Å². The molecule has 0 heterocycles. The zero-order chi connectivity index (χ0) is 23.7. The highest BCUT2D eigenvalue weighted by Crippen LogP contribution is 2.63. The summed E-state index contributed by atoms with van der Waals surface area (Å²) >= 11 is 5.16. The van der Waals surface area contributed by atoms with Gasteiger partial charge in [-0.1, -0.05) is 55.5 Å². The molecule has 0 saturated heterocycles. The Bertz CT molecular complexity index is 1040. The second-order valence-electron chi connectivity index (χ2n) is 11.2. The predicted molar refractivity (Wildman–Crippen MR) is 143 cm³/mol. The average molecular weight is 475 g/mol. The number of unbranched alkanes of at least 4 members (excludes halogenated alkanes) is 2.